The molecule has 0 aromatic rings. The highest BCUT2D eigenvalue weighted by Crippen LogP contribution is 2.66. The Morgan fingerprint density at radius 2 is 1.71 bits per heavy atom. The molecule has 21 heavy (non-hydrogen) atoms. The molecule has 3 rings (SSSR count). The molecule has 0 saturated heterocycles. The summed E-state index contributed by atoms with van der Waals surface area (Å²) in [6.07, 6.45) is 11.9. The van der Waals surface area contributed by atoms with E-state index in [2.05, 4.69) is 40.3 Å². The van der Waals surface area contributed by atoms with Crippen LogP contribution in [0.3, 0.4) is 0 Å². The zero-order valence-electron chi connectivity index (χ0n) is 14.5. The van der Waals surface area contributed by atoms with E-state index in [4.69, 9.17) is 0 Å². The van der Waals surface area contributed by atoms with Gasteiger partial charge in [0.05, 0.1) is 5.60 Å². The summed E-state index contributed by atoms with van der Waals surface area (Å²) in [6, 6.07) is 0. The molecule has 0 spiro atoms. The van der Waals surface area contributed by atoms with E-state index in [1.165, 1.54) is 44.9 Å². The molecule has 3 saturated carbocycles. The Morgan fingerprint density at radius 1 is 1.00 bits per heavy atom. The fourth-order valence-corrected chi connectivity index (χ4v) is 6.19. The Labute approximate surface area is 131 Å². The van der Waals surface area contributed by atoms with Gasteiger partial charge in [0.1, 0.15) is 0 Å². The number of rotatable bonds is 1. The lowest BCUT2D eigenvalue weighted by Gasteiger charge is -2.65. The molecule has 0 heterocycles. The molecule has 120 valence electrons. The highest BCUT2D eigenvalue weighted by molar-refractivity contribution is 5.14. The van der Waals surface area contributed by atoms with Gasteiger partial charge in [0.2, 0.25) is 0 Å². The van der Waals surface area contributed by atoms with Crippen molar-refractivity contribution < 1.29 is 5.11 Å². The predicted octanol–water partition coefficient (Wildman–Crippen LogP) is 5.34. The lowest BCUT2D eigenvalue weighted by Crippen LogP contribution is -2.63. The minimum Gasteiger partial charge on any atom is -0.389 e. The average molecular weight is 290 g/mol. The Hall–Kier alpha value is -0.300. The molecule has 5 unspecified atom stereocenters. The van der Waals surface area contributed by atoms with E-state index in [9.17, 15) is 5.11 Å². The molecule has 1 nitrogen and oxygen atoms in total. The predicted molar refractivity (Wildman–Crippen MR) is 89.1 cm³/mol. The van der Waals surface area contributed by atoms with Crippen molar-refractivity contribution in [2.24, 2.45) is 28.1 Å². The van der Waals surface area contributed by atoms with Crippen LogP contribution < -0.4 is 0 Å². The largest absolute Gasteiger partial charge is 0.389 e. The molecule has 5 atom stereocenters. The second-order valence-corrected chi connectivity index (χ2v) is 9.56. The summed E-state index contributed by atoms with van der Waals surface area (Å²) in [5, 5.41) is 11.6. The molecule has 0 aromatic carbocycles. The van der Waals surface area contributed by atoms with Gasteiger partial charge in [0.15, 0.2) is 0 Å². The smallest absolute Gasteiger partial charge is 0.0731 e. The van der Waals surface area contributed by atoms with E-state index in [1.54, 1.807) is 0 Å². The van der Waals surface area contributed by atoms with Gasteiger partial charge in [-0.3, -0.25) is 0 Å². The lowest BCUT2D eigenvalue weighted by atomic mass is 9.42. The van der Waals surface area contributed by atoms with E-state index in [0.717, 1.165) is 12.3 Å². The standard InChI is InChI=1S/C20H34O/c1-6-18(4)12-13-19(5)15(14-18)9-11-20(21)16(19)8-7-10-17(20,2)3/h6,15-16,21H,1,7-14H2,2-5H3. The number of allylic oxidation sites excluding steroid dienone is 1. The van der Waals surface area contributed by atoms with Crippen molar-refractivity contribution in [3.05, 3.63) is 12.7 Å². The number of hydrogen-bond acceptors (Lipinski definition) is 1. The maximum Gasteiger partial charge on any atom is 0.0731 e. The monoisotopic (exact) mass is 290 g/mol. The summed E-state index contributed by atoms with van der Waals surface area (Å²) in [5.41, 5.74) is 0.318. The van der Waals surface area contributed by atoms with Crippen LogP contribution in [0.2, 0.25) is 0 Å². The van der Waals surface area contributed by atoms with Crippen LogP contribution in [0.25, 0.3) is 0 Å². The first-order valence-electron chi connectivity index (χ1n) is 9.03. The summed E-state index contributed by atoms with van der Waals surface area (Å²) in [4.78, 5) is 0. The zero-order valence-corrected chi connectivity index (χ0v) is 14.5. The second-order valence-electron chi connectivity index (χ2n) is 9.56. The van der Waals surface area contributed by atoms with Gasteiger partial charge in [-0.25, -0.2) is 0 Å². The van der Waals surface area contributed by atoms with Gasteiger partial charge in [0, 0.05) is 0 Å². The van der Waals surface area contributed by atoms with Crippen LogP contribution in [0.15, 0.2) is 12.7 Å². The van der Waals surface area contributed by atoms with Crippen LogP contribution in [-0.4, -0.2) is 10.7 Å². The SMILES string of the molecule is C=CC1(C)CCC2(C)C(CCC3(O)C2CCCC3(C)C)C1. The van der Waals surface area contributed by atoms with Gasteiger partial charge in [-0.15, -0.1) is 6.58 Å². The van der Waals surface area contributed by atoms with Crippen molar-refractivity contribution in [3.8, 4) is 0 Å². The molecular weight excluding hydrogens is 256 g/mol. The van der Waals surface area contributed by atoms with E-state index >= 15 is 0 Å². The van der Waals surface area contributed by atoms with Crippen molar-refractivity contribution >= 4 is 0 Å². The highest BCUT2D eigenvalue weighted by Gasteiger charge is 2.62. The Balaban J connectivity index is 1.94. The third kappa shape index (κ3) is 2.06. The van der Waals surface area contributed by atoms with Crippen molar-refractivity contribution in [2.75, 3.05) is 0 Å². The number of aliphatic hydroxyl groups is 1. The molecular formula is C20H34O. The van der Waals surface area contributed by atoms with Gasteiger partial charge >= 0.3 is 0 Å². The Kier molecular flexibility index (Phi) is 3.41. The van der Waals surface area contributed by atoms with Crippen LogP contribution >= 0.6 is 0 Å². The molecule has 0 bridgehead atoms. The second kappa shape index (κ2) is 4.60. The quantitative estimate of drug-likeness (QED) is 0.647. The topological polar surface area (TPSA) is 20.2 Å². The molecule has 0 amide bonds. The minimum atomic E-state index is -0.432. The first kappa shape index (κ1) is 15.6. The minimum absolute atomic E-state index is 0.0864. The molecule has 3 aliphatic rings. The fraction of sp³-hybridized carbons (Fsp3) is 0.900. The average Bonchev–Trinajstić information content (AvgIpc) is 2.42. The van der Waals surface area contributed by atoms with Crippen LogP contribution in [0, 0.1) is 28.1 Å². The van der Waals surface area contributed by atoms with E-state index < -0.39 is 5.60 Å². The fourth-order valence-electron chi connectivity index (χ4n) is 6.19. The number of hydrogen-bond donors (Lipinski definition) is 1. The first-order valence-corrected chi connectivity index (χ1v) is 9.03. The third-order valence-corrected chi connectivity index (χ3v) is 8.09. The molecule has 1 heteroatoms. The van der Waals surface area contributed by atoms with Crippen LogP contribution in [-0.2, 0) is 0 Å². The molecule has 0 aliphatic heterocycles. The van der Waals surface area contributed by atoms with E-state index in [0.29, 0.717) is 16.7 Å². The Bertz CT molecular complexity index is 439. The molecule has 3 fully saturated rings. The Morgan fingerprint density at radius 3 is 2.38 bits per heavy atom. The summed E-state index contributed by atoms with van der Waals surface area (Å²) < 4.78 is 0. The summed E-state index contributed by atoms with van der Waals surface area (Å²) >= 11 is 0. The highest BCUT2D eigenvalue weighted by atomic mass is 16.3. The first-order chi connectivity index (χ1) is 9.67. The van der Waals surface area contributed by atoms with Crippen LogP contribution in [0.4, 0.5) is 0 Å². The zero-order chi connectivity index (χ0) is 15.5. The molecule has 1 N–H and O–H groups in total. The van der Waals surface area contributed by atoms with Gasteiger partial charge in [-0.1, -0.05) is 40.2 Å². The van der Waals surface area contributed by atoms with Gasteiger partial charge in [-0.2, -0.15) is 0 Å². The van der Waals surface area contributed by atoms with Gasteiger partial charge in [0.25, 0.3) is 0 Å². The molecule has 0 radical (unpaired) electrons. The van der Waals surface area contributed by atoms with Gasteiger partial charge in [-0.05, 0) is 73.0 Å². The summed E-state index contributed by atoms with van der Waals surface area (Å²) in [7, 11) is 0. The summed E-state index contributed by atoms with van der Waals surface area (Å²) in [6.45, 7) is 13.6. The van der Waals surface area contributed by atoms with Crippen molar-refractivity contribution in [3.63, 3.8) is 0 Å². The van der Waals surface area contributed by atoms with Gasteiger partial charge < -0.3 is 5.11 Å². The summed E-state index contributed by atoms with van der Waals surface area (Å²) in [5.74, 6) is 1.27. The lowest BCUT2D eigenvalue weighted by molar-refractivity contribution is -0.225. The normalized spacial score (nSPS) is 52.6. The van der Waals surface area contributed by atoms with E-state index in [1.807, 2.05) is 0 Å². The third-order valence-electron chi connectivity index (χ3n) is 8.09. The van der Waals surface area contributed by atoms with Crippen molar-refractivity contribution in [1.82, 2.24) is 0 Å². The van der Waals surface area contributed by atoms with Crippen LogP contribution in [0.1, 0.15) is 79.1 Å². The van der Waals surface area contributed by atoms with E-state index in [-0.39, 0.29) is 5.41 Å². The van der Waals surface area contributed by atoms with Crippen LogP contribution in [0.5, 0.6) is 0 Å². The maximum atomic E-state index is 11.6. The van der Waals surface area contributed by atoms with Crippen molar-refractivity contribution in [2.45, 2.75) is 84.7 Å². The maximum absolute atomic E-state index is 11.6. The van der Waals surface area contributed by atoms with Crippen molar-refractivity contribution in [1.29, 1.82) is 0 Å². The number of fused-ring (bicyclic) bond motifs is 3. The molecule has 3 aliphatic carbocycles. The molecule has 0 aromatic heterocycles.